The van der Waals surface area contributed by atoms with Crippen LogP contribution in [0.2, 0.25) is 0 Å². The quantitative estimate of drug-likeness (QED) is 0.140. The van der Waals surface area contributed by atoms with Crippen LogP contribution in [0.25, 0.3) is 11.3 Å². The molecular formula is C45H53N7O5. The third-order valence-electron chi connectivity index (χ3n) is 13.4. The van der Waals surface area contributed by atoms with Gasteiger partial charge in [-0.15, -0.1) is 0 Å². The van der Waals surface area contributed by atoms with E-state index in [9.17, 15) is 19.2 Å². The third kappa shape index (κ3) is 7.55. The van der Waals surface area contributed by atoms with Gasteiger partial charge in [0.05, 0.1) is 25.0 Å². The first kappa shape index (κ1) is 38.4. The van der Waals surface area contributed by atoms with Gasteiger partial charge in [-0.2, -0.15) is 0 Å². The van der Waals surface area contributed by atoms with Crippen LogP contribution >= 0.6 is 0 Å². The van der Waals surface area contributed by atoms with Crippen molar-refractivity contribution >= 4 is 23.8 Å². The Labute approximate surface area is 333 Å². The van der Waals surface area contributed by atoms with Crippen LogP contribution in [-0.2, 0) is 24.5 Å². The third-order valence-corrected chi connectivity index (χ3v) is 13.4. The summed E-state index contributed by atoms with van der Waals surface area (Å²) in [5.74, 6) is 0.575. The second kappa shape index (κ2) is 16.2. The van der Waals surface area contributed by atoms with Crippen molar-refractivity contribution in [1.82, 2.24) is 30.4 Å². The zero-order valence-electron chi connectivity index (χ0n) is 32.6. The van der Waals surface area contributed by atoms with Crippen LogP contribution in [0.5, 0.6) is 0 Å². The first-order valence-corrected chi connectivity index (χ1v) is 20.5. The monoisotopic (exact) mass is 771 g/mol. The fourth-order valence-electron chi connectivity index (χ4n) is 9.92. The van der Waals surface area contributed by atoms with Crippen molar-refractivity contribution in [1.29, 1.82) is 0 Å². The number of likely N-dealkylation sites (tertiary alicyclic amines) is 2. The summed E-state index contributed by atoms with van der Waals surface area (Å²) in [6.45, 7) is 1.70. The predicted molar refractivity (Wildman–Crippen MR) is 215 cm³/mol. The lowest BCUT2D eigenvalue weighted by Crippen LogP contribution is -2.54. The normalized spacial score (nSPS) is 25.2. The number of fused-ring (bicyclic) bond motifs is 3. The molecule has 5 aliphatic rings. The summed E-state index contributed by atoms with van der Waals surface area (Å²) in [6.07, 6.45) is 10.0. The minimum Gasteiger partial charge on any atom is -0.453 e. The number of nitrogens with zero attached hydrogens (tertiary/aromatic N) is 3. The molecule has 12 nitrogen and oxygen atoms in total. The number of alkyl carbamates (subject to hydrolysis) is 1. The lowest BCUT2D eigenvalue weighted by molar-refractivity contribution is -0.139. The summed E-state index contributed by atoms with van der Waals surface area (Å²) in [5, 5.41) is 6.00. The van der Waals surface area contributed by atoms with Gasteiger partial charge >= 0.3 is 6.09 Å². The molecule has 9 rings (SSSR count). The van der Waals surface area contributed by atoms with Crippen LogP contribution in [0.4, 0.5) is 4.79 Å². The lowest BCUT2D eigenvalue weighted by Gasteiger charge is -2.53. The minimum atomic E-state index is -0.871. The summed E-state index contributed by atoms with van der Waals surface area (Å²) >= 11 is 0. The molecule has 0 unspecified atom stereocenters. The average Bonchev–Trinajstić information content (AvgIpc) is 4.07. The first-order chi connectivity index (χ1) is 27.7. The number of amides is 4. The molecule has 5 N–H and O–H groups in total. The molecule has 12 heteroatoms. The second-order valence-corrected chi connectivity index (χ2v) is 16.4. The minimum absolute atomic E-state index is 0.0368. The number of carbonyl (C=O) groups excluding carboxylic acids is 4. The molecule has 298 valence electrons. The lowest BCUT2D eigenvalue weighted by atomic mass is 9.51. The summed E-state index contributed by atoms with van der Waals surface area (Å²) in [5.41, 5.74) is 10.8. The van der Waals surface area contributed by atoms with Crippen LogP contribution in [-0.4, -0.2) is 76.4 Å². The molecule has 57 heavy (non-hydrogen) atoms. The van der Waals surface area contributed by atoms with Crippen molar-refractivity contribution in [2.45, 2.75) is 93.8 Å². The van der Waals surface area contributed by atoms with Gasteiger partial charge in [-0.3, -0.25) is 14.4 Å². The second-order valence-electron chi connectivity index (χ2n) is 16.4. The van der Waals surface area contributed by atoms with Crippen molar-refractivity contribution in [2.24, 2.45) is 11.1 Å². The van der Waals surface area contributed by atoms with Gasteiger partial charge in [0.1, 0.15) is 17.9 Å². The predicted octanol–water partition coefficient (Wildman–Crippen LogP) is 6.24. The molecule has 4 aromatic rings. The maximum Gasteiger partial charge on any atom is 0.407 e. The highest BCUT2D eigenvalue weighted by molar-refractivity contribution is 5.87. The first-order valence-electron chi connectivity index (χ1n) is 20.5. The molecule has 3 saturated carbocycles. The number of carbonyl (C=O) groups is 4. The Bertz CT molecular complexity index is 2050. The van der Waals surface area contributed by atoms with Crippen molar-refractivity contribution < 1.29 is 23.9 Å². The molecule has 4 amide bonds. The average molecular weight is 772 g/mol. The van der Waals surface area contributed by atoms with E-state index >= 15 is 0 Å². The molecule has 0 spiro atoms. The number of methoxy groups -OCH3 is 1. The Morgan fingerprint density at radius 2 is 1.46 bits per heavy atom. The molecule has 3 aliphatic carbocycles. The van der Waals surface area contributed by atoms with Crippen molar-refractivity contribution in [3.8, 4) is 11.3 Å². The van der Waals surface area contributed by atoms with Gasteiger partial charge in [0.25, 0.3) is 5.91 Å². The van der Waals surface area contributed by atoms with E-state index in [0.717, 1.165) is 86.9 Å². The Hall–Kier alpha value is -5.49. The van der Waals surface area contributed by atoms with Crippen LogP contribution in [0.15, 0.2) is 91.1 Å². The largest absolute Gasteiger partial charge is 0.453 e. The molecule has 2 aliphatic heterocycles. The maximum atomic E-state index is 13.9. The van der Waals surface area contributed by atoms with E-state index in [1.807, 2.05) is 71.8 Å². The van der Waals surface area contributed by atoms with E-state index in [1.165, 1.54) is 12.7 Å². The smallest absolute Gasteiger partial charge is 0.407 e. The molecular weight excluding hydrogens is 719 g/mol. The van der Waals surface area contributed by atoms with Gasteiger partial charge in [-0.25, -0.2) is 9.78 Å². The molecule has 0 radical (unpaired) electrons. The fourth-order valence-corrected chi connectivity index (χ4v) is 9.92. The summed E-state index contributed by atoms with van der Waals surface area (Å²) in [7, 11) is 1.29. The Kier molecular flexibility index (Phi) is 10.9. The number of nitrogens with two attached hydrogens (primary N) is 1. The van der Waals surface area contributed by atoms with Gasteiger partial charge in [0.15, 0.2) is 0 Å². The molecule has 5 fully saturated rings. The summed E-state index contributed by atoms with van der Waals surface area (Å²) in [4.78, 5) is 65.2. The molecule has 3 heterocycles. The molecule has 1 aromatic heterocycles. The van der Waals surface area contributed by atoms with E-state index in [-0.39, 0.29) is 40.6 Å². The number of hydrogen-bond acceptors (Lipinski definition) is 7. The molecule has 2 saturated heterocycles. The van der Waals surface area contributed by atoms with E-state index in [0.29, 0.717) is 25.2 Å². The Morgan fingerprint density at radius 3 is 2.12 bits per heavy atom. The molecule has 3 aromatic carbocycles. The molecule has 2 bridgehead atoms. The van der Waals surface area contributed by atoms with E-state index < -0.39 is 18.2 Å². The Morgan fingerprint density at radius 1 is 0.825 bits per heavy atom. The zero-order chi connectivity index (χ0) is 39.6. The standard InChI is InChI=1S/C45H53N7O5/c1-57-43(56)50-38(32-12-6-3-7-13-32)41(54)52-27-9-15-36(52)39-47-29-35(49-39)30-16-18-33(19-17-30)44-20-23-45(24-21-44,25-22-44)42(55)48-28-34-14-8-26-51(34)40(53)37(46)31-10-4-2-5-11-31/h2-7,10-13,16-19,29,34,36-38H,8-9,14-15,20-28,46H2,1H3,(H,47,49)(H,48,55)(H,50,56)/t34-,36-,37+,38+,44?,45?/m0/s1. The topological polar surface area (TPSA) is 163 Å². The highest BCUT2D eigenvalue weighted by atomic mass is 16.5. The van der Waals surface area contributed by atoms with Gasteiger partial charge in [0, 0.05) is 31.1 Å². The van der Waals surface area contributed by atoms with Crippen molar-refractivity contribution in [3.63, 3.8) is 0 Å². The van der Waals surface area contributed by atoms with Crippen LogP contribution < -0.4 is 16.4 Å². The number of H-pyrrole nitrogens is 1. The fraction of sp³-hybridized carbons (Fsp3) is 0.444. The van der Waals surface area contributed by atoms with Gasteiger partial charge < -0.3 is 35.9 Å². The van der Waals surface area contributed by atoms with E-state index in [2.05, 4.69) is 39.9 Å². The number of imidazole rings is 1. The van der Waals surface area contributed by atoms with Gasteiger partial charge in [0.2, 0.25) is 11.8 Å². The molecule has 4 atom stereocenters. The zero-order valence-corrected chi connectivity index (χ0v) is 32.6. The van der Waals surface area contributed by atoms with Gasteiger partial charge in [-0.1, -0.05) is 84.9 Å². The highest BCUT2D eigenvalue weighted by Gasteiger charge is 2.53. The number of hydrogen-bond donors (Lipinski definition) is 4. The Balaban J connectivity index is 0.877. The van der Waals surface area contributed by atoms with Crippen molar-refractivity contribution in [3.05, 3.63) is 114 Å². The van der Waals surface area contributed by atoms with Crippen molar-refractivity contribution in [2.75, 3.05) is 26.7 Å². The van der Waals surface area contributed by atoms with Gasteiger partial charge in [-0.05, 0) is 91.9 Å². The van der Waals surface area contributed by atoms with Crippen LogP contribution in [0, 0.1) is 5.41 Å². The number of aromatic amines is 1. The van der Waals surface area contributed by atoms with E-state index in [4.69, 9.17) is 15.5 Å². The number of aromatic nitrogens is 2. The number of benzene rings is 3. The van der Waals surface area contributed by atoms with Crippen LogP contribution in [0.3, 0.4) is 0 Å². The highest BCUT2D eigenvalue weighted by Crippen LogP contribution is 2.58. The number of rotatable bonds is 11. The van der Waals surface area contributed by atoms with E-state index in [1.54, 1.807) is 4.90 Å². The number of nitrogens with one attached hydrogen (secondary N) is 3. The summed E-state index contributed by atoms with van der Waals surface area (Å²) < 4.78 is 4.84. The SMILES string of the molecule is COC(=O)N[C@@H](C(=O)N1CCC[C@H]1c1ncc(-c2ccc(C34CCC(C(=O)NC[C@@H]5CCCN5C(=O)[C@H](N)c5ccccc5)(CC3)CC4)cc2)[nH]1)c1ccccc1. The maximum absolute atomic E-state index is 13.9. The van der Waals surface area contributed by atoms with Crippen LogP contribution in [0.1, 0.15) is 105 Å². The summed E-state index contributed by atoms with van der Waals surface area (Å²) in [6, 6.07) is 25.6. The number of ether oxygens (including phenoxy) is 1.